The van der Waals surface area contributed by atoms with Gasteiger partial charge >= 0.3 is 0 Å². The number of amides is 1. The van der Waals surface area contributed by atoms with Gasteiger partial charge in [-0.25, -0.2) is 0 Å². The molecule has 0 aliphatic heterocycles. The van der Waals surface area contributed by atoms with Crippen LogP contribution in [0, 0.1) is 0 Å². The summed E-state index contributed by atoms with van der Waals surface area (Å²) in [7, 11) is 0. The average Bonchev–Trinajstić information content (AvgIpc) is 2.31. The summed E-state index contributed by atoms with van der Waals surface area (Å²) in [6, 6.07) is 0. The van der Waals surface area contributed by atoms with Gasteiger partial charge in [0, 0.05) is 19.7 Å². The highest BCUT2D eigenvalue weighted by molar-refractivity contribution is 5.96. The highest BCUT2D eigenvalue weighted by Crippen LogP contribution is 2.06. The van der Waals surface area contributed by atoms with Crippen LogP contribution < -0.4 is 0 Å². The maximum Gasteiger partial charge on any atom is 0.230 e. The smallest absolute Gasteiger partial charge is 0.230 e. The first kappa shape index (κ1) is 17.1. The highest BCUT2D eigenvalue weighted by atomic mass is 16.3. The van der Waals surface area contributed by atoms with Crippen molar-refractivity contribution in [2.45, 2.75) is 58.8 Å². The number of hydrogen-bond acceptors (Lipinski definition) is 3. The molecule has 4 nitrogen and oxygen atoms in total. The molecule has 4 heteroatoms. The maximum absolute atomic E-state index is 11.8. The van der Waals surface area contributed by atoms with Crippen LogP contribution in [0.25, 0.3) is 0 Å². The summed E-state index contributed by atoms with van der Waals surface area (Å²) >= 11 is 0. The number of carbonyl (C=O) groups excluding carboxylic acids is 2. The molecule has 0 radical (unpaired) electrons. The van der Waals surface area contributed by atoms with Crippen LogP contribution in [0.2, 0.25) is 0 Å². The van der Waals surface area contributed by atoms with Crippen molar-refractivity contribution in [2.24, 2.45) is 0 Å². The number of unbranched alkanes of at least 4 members (excludes halogenated alkanes) is 4. The molecule has 0 atom stereocenters. The Labute approximate surface area is 110 Å². The lowest BCUT2D eigenvalue weighted by molar-refractivity contribution is -0.135. The van der Waals surface area contributed by atoms with Crippen molar-refractivity contribution in [1.82, 2.24) is 4.90 Å². The zero-order valence-electron chi connectivity index (χ0n) is 11.8. The van der Waals surface area contributed by atoms with E-state index in [9.17, 15) is 9.59 Å². The number of aliphatic hydroxyl groups excluding tert-OH is 1. The first-order valence-electron chi connectivity index (χ1n) is 6.99. The van der Waals surface area contributed by atoms with Gasteiger partial charge in [-0.05, 0) is 19.8 Å². The quantitative estimate of drug-likeness (QED) is 0.456. The molecular formula is C14H27NO3. The fourth-order valence-corrected chi connectivity index (χ4v) is 1.85. The normalized spacial score (nSPS) is 10.4. The monoisotopic (exact) mass is 257 g/mol. The fraction of sp³-hybridized carbons (Fsp3) is 0.857. The lowest BCUT2D eigenvalue weighted by atomic mass is 10.1. The molecule has 0 fully saturated rings. The zero-order valence-corrected chi connectivity index (χ0v) is 11.8. The summed E-state index contributed by atoms with van der Waals surface area (Å²) in [5.41, 5.74) is 0. The van der Waals surface area contributed by atoms with E-state index in [1.54, 1.807) is 4.90 Å². The Hall–Kier alpha value is -0.900. The molecule has 1 N–H and O–H groups in total. The summed E-state index contributed by atoms with van der Waals surface area (Å²) < 4.78 is 0. The van der Waals surface area contributed by atoms with E-state index in [0.29, 0.717) is 19.5 Å². The number of Topliss-reactive ketones (excluding diaryl/α,β-unsaturated/α-hetero) is 1. The molecule has 0 aromatic heterocycles. The summed E-state index contributed by atoms with van der Waals surface area (Å²) in [4.78, 5) is 24.5. The maximum atomic E-state index is 11.8. The Balaban J connectivity index is 3.97. The Morgan fingerprint density at radius 1 is 1.00 bits per heavy atom. The third-order valence-electron chi connectivity index (χ3n) is 2.87. The molecule has 106 valence electrons. The minimum absolute atomic E-state index is 0.0135. The topological polar surface area (TPSA) is 57.6 Å². The number of hydrogen-bond donors (Lipinski definition) is 1. The van der Waals surface area contributed by atoms with Crippen molar-refractivity contribution >= 4 is 11.7 Å². The first-order chi connectivity index (χ1) is 8.61. The number of carbonyl (C=O) groups is 2. The molecule has 1 amide bonds. The molecule has 0 unspecified atom stereocenters. The third kappa shape index (κ3) is 9.16. The minimum Gasteiger partial charge on any atom is -0.396 e. The molecule has 0 saturated carbocycles. The molecular weight excluding hydrogens is 230 g/mol. The van der Waals surface area contributed by atoms with Gasteiger partial charge in [-0.15, -0.1) is 0 Å². The summed E-state index contributed by atoms with van der Waals surface area (Å²) in [6.07, 6.45) is 6.31. The largest absolute Gasteiger partial charge is 0.396 e. The SMILES string of the molecule is CCCCCCCN(CCCO)C(=O)CC(C)=O. The van der Waals surface area contributed by atoms with Crippen LogP contribution in [0.15, 0.2) is 0 Å². The van der Waals surface area contributed by atoms with Gasteiger partial charge in [0.15, 0.2) is 0 Å². The van der Waals surface area contributed by atoms with Crippen molar-refractivity contribution in [3.63, 3.8) is 0 Å². The van der Waals surface area contributed by atoms with E-state index in [1.165, 1.54) is 26.2 Å². The molecule has 0 saturated heterocycles. The Morgan fingerprint density at radius 3 is 2.17 bits per heavy atom. The minimum atomic E-state index is -0.105. The van der Waals surface area contributed by atoms with Crippen LogP contribution in [0.4, 0.5) is 0 Å². The second kappa shape index (κ2) is 11.2. The average molecular weight is 257 g/mol. The van der Waals surface area contributed by atoms with E-state index in [0.717, 1.165) is 12.8 Å². The Morgan fingerprint density at radius 2 is 1.61 bits per heavy atom. The second-order valence-corrected chi connectivity index (χ2v) is 4.75. The van der Waals surface area contributed by atoms with Crippen LogP contribution in [0.1, 0.15) is 58.8 Å². The van der Waals surface area contributed by atoms with Crippen molar-refractivity contribution in [3.05, 3.63) is 0 Å². The number of nitrogens with zero attached hydrogens (tertiary/aromatic N) is 1. The van der Waals surface area contributed by atoms with Crippen LogP contribution in [-0.2, 0) is 9.59 Å². The van der Waals surface area contributed by atoms with Gasteiger partial charge in [-0.2, -0.15) is 0 Å². The third-order valence-corrected chi connectivity index (χ3v) is 2.87. The molecule has 0 heterocycles. The van der Waals surface area contributed by atoms with Crippen LogP contribution >= 0.6 is 0 Å². The number of ketones is 1. The van der Waals surface area contributed by atoms with E-state index in [2.05, 4.69) is 6.92 Å². The van der Waals surface area contributed by atoms with Crippen molar-refractivity contribution in [3.8, 4) is 0 Å². The molecule has 0 spiro atoms. The summed E-state index contributed by atoms with van der Waals surface area (Å²) in [6.45, 7) is 4.94. The summed E-state index contributed by atoms with van der Waals surface area (Å²) in [5, 5.41) is 8.82. The molecule has 0 aromatic carbocycles. The molecule has 0 rings (SSSR count). The van der Waals surface area contributed by atoms with E-state index >= 15 is 0 Å². The first-order valence-corrected chi connectivity index (χ1v) is 6.99. The predicted molar refractivity (Wildman–Crippen MR) is 72.3 cm³/mol. The molecule has 0 aliphatic rings. The van der Waals surface area contributed by atoms with E-state index in [-0.39, 0.29) is 24.7 Å². The van der Waals surface area contributed by atoms with Crippen LogP contribution in [-0.4, -0.2) is 41.4 Å². The van der Waals surface area contributed by atoms with Crippen LogP contribution in [0.3, 0.4) is 0 Å². The Kier molecular flexibility index (Phi) is 10.6. The highest BCUT2D eigenvalue weighted by Gasteiger charge is 2.14. The Bertz CT molecular complexity index is 241. The van der Waals surface area contributed by atoms with Gasteiger partial charge in [-0.1, -0.05) is 32.6 Å². The predicted octanol–water partition coefficient (Wildman–Crippen LogP) is 2.15. The molecule has 0 aliphatic carbocycles. The van der Waals surface area contributed by atoms with Crippen molar-refractivity contribution < 1.29 is 14.7 Å². The van der Waals surface area contributed by atoms with Gasteiger partial charge in [-0.3, -0.25) is 9.59 Å². The van der Waals surface area contributed by atoms with Crippen molar-refractivity contribution in [2.75, 3.05) is 19.7 Å². The zero-order chi connectivity index (χ0) is 13.8. The lowest BCUT2D eigenvalue weighted by Crippen LogP contribution is -2.34. The van der Waals surface area contributed by atoms with Gasteiger partial charge in [0.25, 0.3) is 0 Å². The number of rotatable bonds is 11. The molecule has 18 heavy (non-hydrogen) atoms. The van der Waals surface area contributed by atoms with Gasteiger partial charge in [0.1, 0.15) is 5.78 Å². The van der Waals surface area contributed by atoms with E-state index in [1.807, 2.05) is 0 Å². The lowest BCUT2D eigenvalue weighted by Gasteiger charge is -2.22. The van der Waals surface area contributed by atoms with Gasteiger partial charge < -0.3 is 10.0 Å². The fourth-order valence-electron chi connectivity index (χ4n) is 1.85. The summed E-state index contributed by atoms with van der Waals surface area (Å²) in [5.74, 6) is -0.202. The number of aliphatic hydroxyl groups is 1. The van der Waals surface area contributed by atoms with Crippen molar-refractivity contribution in [1.29, 1.82) is 0 Å². The molecule has 0 aromatic rings. The molecule has 0 bridgehead atoms. The standard InChI is InChI=1S/C14H27NO3/c1-3-4-5-6-7-9-15(10-8-11-16)14(18)12-13(2)17/h16H,3-12H2,1-2H3. The van der Waals surface area contributed by atoms with E-state index < -0.39 is 0 Å². The van der Waals surface area contributed by atoms with Gasteiger partial charge in [0.2, 0.25) is 5.91 Å². The van der Waals surface area contributed by atoms with Gasteiger partial charge in [0.05, 0.1) is 6.42 Å². The van der Waals surface area contributed by atoms with E-state index in [4.69, 9.17) is 5.11 Å². The second-order valence-electron chi connectivity index (χ2n) is 4.75. The van der Waals surface area contributed by atoms with Crippen LogP contribution in [0.5, 0.6) is 0 Å².